The molecule has 0 saturated heterocycles. The minimum Gasteiger partial charge on any atom is -0.487 e. The van der Waals surface area contributed by atoms with E-state index in [0.717, 1.165) is 34.7 Å². The largest absolute Gasteiger partial charge is 0.487 e. The lowest BCUT2D eigenvalue weighted by atomic mass is 9.83. The zero-order valence-electron chi connectivity index (χ0n) is 18.0. The summed E-state index contributed by atoms with van der Waals surface area (Å²) in [6.07, 6.45) is 3.37. The molecule has 30 heavy (non-hydrogen) atoms. The van der Waals surface area contributed by atoms with Gasteiger partial charge in [0, 0.05) is 19.0 Å². The highest BCUT2D eigenvalue weighted by atomic mass is 32.2. The van der Waals surface area contributed by atoms with Crippen molar-refractivity contribution in [3.8, 4) is 5.75 Å². The number of amides is 1. The van der Waals surface area contributed by atoms with Crippen LogP contribution in [0.25, 0.3) is 0 Å². The molecule has 0 aromatic heterocycles. The van der Waals surface area contributed by atoms with Crippen LogP contribution < -0.4 is 10.1 Å². The van der Waals surface area contributed by atoms with Crippen molar-refractivity contribution in [3.63, 3.8) is 0 Å². The molecule has 0 radical (unpaired) electrons. The number of carbonyl (C=O) groups excluding carboxylic acids is 1. The van der Waals surface area contributed by atoms with Crippen LogP contribution in [0.1, 0.15) is 56.3 Å². The van der Waals surface area contributed by atoms with Crippen LogP contribution in [-0.4, -0.2) is 37.5 Å². The van der Waals surface area contributed by atoms with Crippen molar-refractivity contribution in [2.24, 2.45) is 0 Å². The van der Waals surface area contributed by atoms with Gasteiger partial charge in [0.05, 0.1) is 12.3 Å². The van der Waals surface area contributed by atoms with Gasteiger partial charge in [0.2, 0.25) is 15.9 Å². The number of nitrogens with zero attached hydrogens (tertiary/aromatic N) is 1. The Hall–Kier alpha value is -2.38. The van der Waals surface area contributed by atoms with Crippen LogP contribution >= 0.6 is 0 Å². The number of fused-ring (bicyclic) bond motifs is 1. The van der Waals surface area contributed by atoms with Gasteiger partial charge in [-0.15, -0.1) is 0 Å². The zero-order chi connectivity index (χ0) is 21.9. The van der Waals surface area contributed by atoms with Crippen LogP contribution in [-0.2, 0) is 14.8 Å². The van der Waals surface area contributed by atoms with Gasteiger partial charge >= 0.3 is 0 Å². The molecule has 0 unspecified atom stereocenters. The smallest absolute Gasteiger partial charge is 0.243 e. The summed E-state index contributed by atoms with van der Waals surface area (Å²) in [5.41, 5.74) is 1.18. The Balaban J connectivity index is 1.97. The summed E-state index contributed by atoms with van der Waals surface area (Å²) in [4.78, 5) is 13.4. The van der Waals surface area contributed by atoms with Crippen LogP contribution in [0.2, 0.25) is 0 Å². The Bertz CT molecular complexity index is 987. The van der Waals surface area contributed by atoms with Crippen molar-refractivity contribution in [1.82, 2.24) is 9.62 Å². The van der Waals surface area contributed by atoms with Crippen molar-refractivity contribution in [2.45, 2.75) is 50.8 Å². The minimum atomic E-state index is -3.58. The second kappa shape index (κ2) is 8.78. The highest BCUT2D eigenvalue weighted by Gasteiger charge is 2.40. The zero-order valence-corrected chi connectivity index (χ0v) is 18.8. The number of hydrogen-bond donors (Lipinski definition) is 1. The van der Waals surface area contributed by atoms with E-state index in [4.69, 9.17) is 4.74 Å². The van der Waals surface area contributed by atoms with E-state index in [0.29, 0.717) is 12.0 Å². The predicted octanol–water partition coefficient (Wildman–Crippen LogP) is 3.82. The molecule has 0 saturated carbocycles. The molecule has 6 nitrogen and oxygen atoms in total. The number of sulfonamides is 1. The van der Waals surface area contributed by atoms with Gasteiger partial charge in [0.25, 0.3) is 0 Å². The molecule has 0 bridgehead atoms. The molecule has 1 aliphatic rings. The van der Waals surface area contributed by atoms with E-state index in [2.05, 4.69) is 19.2 Å². The summed E-state index contributed by atoms with van der Waals surface area (Å²) >= 11 is 0. The van der Waals surface area contributed by atoms with E-state index < -0.39 is 16.1 Å². The molecule has 2 aromatic rings. The second-order valence-corrected chi connectivity index (χ2v) is 9.93. The fourth-order valence-electron chi connectivity index (χ4n) is 4.03. The minimum absolute atomic E-state index is 0.262. The number of hydrogen-bond acceptors (Lipinski definition) is 4. The van der Waals surface area contributed by atoms with Crippen LogP contribution in [0.3, 0.4) is 0 Å². The Labute approximate surface area is 179 Å². The lowest BCUT2D eigenvalue weighted by molar-refractivity contribution is -0.126. The van der Waals surface area contributed by atoms with Gasteiger partial charge in [0.15, 0.2) is 0 Å². The molecule has 1 amide bonds. The van der Waals surface area contributed by atoms with Gasteiger partial charge in [-0.1, -0.05) is 62.4 Å². The van der Waals surface area contributed by atoms with Crippen molar-refractivity contribution >= 4 is 15.9 Å². The third-order valence-corrected chi connectivity index (χ3v) is 7.31. The SMILES string of the molecule is CCC1(CC)C[C@H](NC(=O)[C@@H](c2ccccc2)N(C)S(C)(=O)=O)c2ccccc2O1. The summed E-state index contributed by atoms with van der Waals surface area (Å²) in [7, 11) is -2.14. The molecule has 0 aliphatic carbocycles. The fourth-order valence-corrected chi connectivity index (χ4v) is 4.63. The van der Waals surface area contributed by atoms with E-state index in [1.165, 1.54) is 7.05 Å². The first kappa shape index (κ1) is 22.3. The first-order chi connectivity index (χ1) is 14.2. The monoisotopic (exact) mass is 430 g/mol. The Morgan fingerprint density at radius 3 is 2.33 bits per heavy atom. The Morgan fingerprint density at radius 2 is 1.73 bits per heavy atom. The topological polar surface area (TPSA) is 75.7 Å². The number of benzene rings is 2. The number of carbonyl (C=O) groups is 1. The van der Waals surface area contributed by atoms with Crippen molar-refractivity contribution in [3.05, 3.63) is 65.7 Å². The molecule has 1 N–H and O–H groups in total. The lowest BCUT2D eigenvalue weighted by Gasteiger charge is -2.42. The second-order valence-electron chi connectivity index (χ2n) is 7.89. The van der Waals surface area contributed by atoms with E-state index in [9.17, 15) is 13.2 Å². The molecule has 3 rings (SSSR count). The molecule has 162 valence electrons. The summed E-state index contributed by atoms with van der Waals surface area (Å²) in [6.45, 7) is 4.17. The third kappa shape index (κ3) is 4.52. The highest BCUT2D eigenvalue weighted by molar-refractivity contribution is 7.88. The normalized spacial score (nSPS) is 18.9. The Morgan fingerprint density at radius 1 is 1.13 bits per heavy atom. The van der Waals surface area contributed by atoms with E-state index in [1.807, 2.05) is 30.3 Å². The fraction of sp³-hybridized carbons (Fsp3) is 0.435. The van der Waals surface area contributed by atoms with E-state index in [1.54, 1.807) is 24.3 Å². The molecule has 1 heterocycles. The average Bonchev–Trinajstić information content (AvgIpc) is 2.73. The van der Waals surface area contributed by atoms with E-state index in [-0.39, 0.29) is 17.6 Å². The predicted molar refractivity (Wildman–Crippen MR) is 118 cm³/mol. The standard InChI is InChI=1S/C23H30N2O4S/c1-5-23(6-2)16-19(18-14-10-11-15-20(18)29-23)24-22(26)21(25(3)30(4,27)28)17-12-8-7-9-13-17/h7-15,19,21H,5-6,16H2,1-4H3,(H,24,26)/t19-,21+/m0/s1. The first-order valence-electron chi connectivity index (χ1n) is 10.3. The molecule has 0 spiro atoms. The number of para-hydroxylation sites is 1. The number of ether oxygens (including phenoxy) is 1. The molecule has 1 aliphatic heterocycles. The maximum absolute atomic E-state index is 13.4. The van der Waals surface area contributed by atoms with Gasteiger partial charge in [-0.2, -0.15) is 4.31 Å². The maximum Gasteiger partial charge on any atom is 0.243 e. The number of likely N-dealkylation sites (N-methyl/N-ethyl adjacent to an activating group) is 1. The molecule has 7 heteroatoms. The molecule has 2 atom stereocenters. The molecule has 0 fully saturated rings. The molecular formula is C23H30N2O4S. The summed E-state index contributed by atoms with van der Waals surface area (Å²) in [5.74, 6) is 0.419. The van der Waals surface area contributed by atoms with Crippen molar-refractivity contribution < 1.29 is 17.9 Å². The quantitative estimate of drug-likeness (QED) is 0.725. The average molecular weight is 431 g/mol. The number of nitrogens with one attached hydrogen (secondary N) is 1. The summed E-state index contributed by atoms with van der Waals surface area (Å²) < 4.78 is 32.0. The van der Waals surface area contributed by atoms with Crippen molar-refractivity contribution in [2.75, 3.05) is 13.3 Å². The maximum atomic E-state index is 13.4. The first-order valence-corrected chi connectivity index (χ1v) is 12.1. The lowest BCUT2D eigenvalue weighted by Crippen LogP contribution is -2.47. The molecular weight excluding hydrogens is 400 g/mol. The third-order valence-electron chi connectivity index (χ3n) is 6.05. The van der Waals surface area contributed by atoms with Gasteiger partial charge in [-0.3, -0.25) is 4.79 Å². The van der Waals surface area contributed by atoms with E-state index >= 15 is 0 Å². The van der Waals surface area contributed by atoms with Crippen LogP contribution in [0.4, 0.5) is 0 Å². The summed E-state index contributed by atoms with van der Waals surface area (Å²) in [6, 6.07) is 15.5. The molecule has 2 aromatic carbocycles. The van der Waals surface area contributed by atoms with Gasteiger partial charge in [-0.05, 0) is 24.5 Å². The van der Waals surface area contributed by atoms with Gasteiger partial charge < -0.3 is 10.1 Å². The summed E-state index contributed by atoms with van der Waals surface area (Å²) in [5, 5.41) is 3.12. The van der Waals surface area contributed by atoms with Gasteiger partial charge in [-0.25, -0.2) is 8.42 Å². The van der Waals surface area contributed by atoms with Crippen molar-refractivity contribution in [1.29, 1.82) is 0 Å². The van der Waals surface area contributed by atoms with Crippen LogP contribution in [0, 0.1) is 0 Å². The van der Waals surface area contributed by atoms with Crippen LogP contribution in [0.5, 0.6) is 5.75 Å². The highest BCUT2D eigenvalue weighted by Crippen LogP contribution is 2.43. The van der Waals surface area contributed by atoms with Gasteiger partial charge in [0.1, 0.15) is 17.4 Å². The number of rotatable bonds is 7. The van der Waals surface area contributed by atoms with Crippen LogP contribution in [0.15, 0.2) is 54.6 Å². The Kier molecular flexibility index (Phi) is 6.53.